The van der Waals surface area contributed by atoms with Crippen molar-refractivity contribution in [2.45, 2.75) is 26.5 Å². The molecular formula is C26H29N3O2. The Hall–Kier alpha value is -3.18. The van der Waals surface area contributed by atoms with E-state index in [0.717, 1.165) is 49.7 Å². The van der Waals surface area contributed by atoms with Crippen molar-refractivity contribution in [3.8, 4) is 5.75 Å². The Balaban J connectivity index is 1.22. The summed E-state index contributed by atoms with van der Waals surface area (Å²) in [5.74, 6) is 1.07. The van der Waals surface area contributed by atoms with E-state index in [0.29, 0.717) is 13.0 Å². The molecule has 1 saturated heterocycles. The fourth-order valence-corrected chi connectivity index (χ4v) is 3.83. The summed E-state index contributed by atoms with van der Waals surface area (Å²) in [6.07, 6.45) is 2.27. The molecule has 31 heavy (non-hydrogen) atoms. The minimum Gasteiger partial charge on any atom is -0.487 e. The molecule has 2 aromatic carbocycles. The number of hydrogen-bond donors (Lipinski definition) is 0. The van der Waals surface area contributed by atoms with Crippen LogP contribution in [0.5, 0.6) is 5.75 Å². The summed E-state index contributed by atoms with van der Waals surface area (Å²) < 4.78 is 5.81. The molecule has 1 aliphatic heterocycles. The molecule has 5 heteroatoms. The molecule has 1 aliphatic rings. The number of carbonyl (C=O) groups excluding carboxylic acids is 1. The van der Waals surface area contributed by atoms with Crippen molar-refractivity contribution >= 4 is 5.91 Å². The summed E-state index contributed by atoms with van der Waals surface area (Å²) in [6, 6.07) is 22.2. The number of hydrogen-bond acceptors (Lipinski definition) is 4. The molecule has 0 N–H and O–H groups in total. The number of piperazine rings is 1. The zero-order chi connectivity index (χ0) is 21.5. The minimum atomic E-state index is 0.225. The average Bonchev–Trinajstić information content (AvgIpc) is 2.81. The summed E-state index contributed by atoms with van der Waals surface area (Å²) in [4.78, 5) is 21.4. The number of pyridine rings is 1. The maximum atomic E-state index is 12.7. The standard InChI is InChI=1S/C26H29N3O2/c1-21-6-2-3-7-23(21)18-26(30)29-16-14-28(15-17-29)19-22-9-11-25(12-10-22)31-20-24-8-4-5-13-27-24/h2-13H,14-20H2,1H3. The zero-order valence-corrected chi connectivity index (χ0v) is 18.0. The highest BCUT2D eigenvalue weighted by Crippen LogP contribution is 2.16. The van der Waals surface area contributed by atoms with E-state index < -0.39 is 0 Å². The Morgan fingerprint density at radius 3 is 2.39 bits per heavy atom. The normalized spacial score (nSPS) is 14.4. The highest BCUT2D eigenvalue weighted by atomic mass is 16.5. The largest absolute Gasteiger partial charge is 0.487 e. The first kappa shape index (κ1) is 21.1. The lowest BCUT2D eigenvalue weighted by molar-refractivity contribution is -0.132. The Morgan fingerprint density at radius 1 is 0.935 bits per heavy atom. The van der Waals surface area contributed by atoms with E-state index in [4.69, 9.17) is 4.74 Å². The van der Waals surface area contributed by atoms with Gasteiger partial charge in [-0.3, -0.25) is 14.7 Å². The van der Waals surface area contributed by atoms with Crippen molar-refractivity contribution in [3.63, 3.8) is 0 Å². The van der Waals surface area contributed by atoms with Crippen LogP contribution in [0.3, 0.4) is 0 Å². The molecule has 0 aliphatic carbocycles. The third kappa shape index (κ3) is 5.92. The first-order valence-corrected chi connectivity index (χ1v) is 10.8. The van der Waals surface area contributed by atoms with Gasteiger partial charge >= 0.3 is 0 Å². The molecule has 1 aromatic heterocycles. The number of ether oxygens (including phenoxy) is 1. The van der Waals surface area contributed by atoms with Gasteiger partial charge in [0.15, 0.2) is 0 Å². The van der Waals surface area contributed by atoms with Crippen LogP contribution in [0, 0.1) is 6.92 Å². The van der Waals surface area contributed by atoms with Gasteiger partial charge in [0, 0.05) is 38.9 Å². The Bertz CT molecular complexity index is 981. The number of aryl methyl sites for hydroxylation is 1. The number of rotatable bonds is 7. The fourth-order valence-electron chi connectivity index (χ4n) is 3.83. The Morgan fingerprint density at radius 2 is 1.68 bits per heavy atom. The van der Waals surface area contributed by atoms with Crippen molar-refractivity contribution in [2.75, 3.05) is 26.2 Å². The van der Waals surface area contributed by atoms with Crippen LogP contribution >= 0.6 is 0 Å². The molecule has 0 saturated carbocycles. The van der Waals surface area contributed by atoms with Crippen LogP contribution in [0.2, 0.25) is 0 Å². The number of benzene rings is 2. The predicted octanol–water partition coefficient (Wildman–Crippen LogP) is 3.86. The molecule has 1 fully saturated rings. The lowest BCUT2D eigenvalue weighted by Crippen LogP contribution is -2.48. The van der Waals surface area contributed by atoms with Crippen molar-refractivity contribution in [1.29, 1.82) is 0 Å². The summed E-state index contributed by atoms with van der Waals surface area (Å²) in [6.45, 7) is 6.80. The molecule has 0 bridgehead atoms. The lowest BCUT2D eigenvalue weighted by Gasteiger charge is -2.35. The number of amides is 1. The van der Waals surface area contributed by atoms with E-state index in [1.807, 2.05) is 53.4 Å². The molecule has 0 atom stereocenters. The van der Waals surface area contributed by atoms with Crippen LogP contribution in [-0.4, -0.2) is 46.9 Å². The van der Waals surface area contributed by atoms with Crippen LogP contribution in [0.15, 0.2) is 72.9 Å². The van der Waals surface area contributed by atoms with Gasteiger partial charge < -0.3 is 9.64 Å². The van der Waals surface area contributed by atoms with Crippen LogP contribution in [0.4, 0.5) is 0 Å². The van der Waals surface area contributed by atoms with Crippen LogP contribution < -0.4 is 4.74 Å². The molecule has 0 unspecified atom stereocenters. The monoisotopic (exact) mass is 415 g/mol. The highest BCUT2D eigenvalue weighted by Gasteiger charge is 2.21. The summed E-state index contributed by atoms with van der Waals surface area (Å²) in [5.41, 5.74) is 4.48. The van der Waals surface area contributed by atoms with Crippen molar-refractivity contribution in [3.05, 3.63) is 95.3 Å². The van der Waals surface area contributed by atoms with Crippen LogP contribution in [-0.2, 0) is 24.4 Å². The van der Waals surface area contributed by atoms with Gasteiger partial charge in [-0.05, 0) is 47.9 Å². The molecule has 3 aromatic rings. The van der Waals surface area contributed by atoms with Gasteiger partial charge in [0.2, 0.25) is 5.91 Å². The molecule has 4 rings (SSSR count). The second kappa shape index (κ2) is 10.2. The third-order valence-corrected chi connectivity index (χ3v) is 5.77. The lowest BCUT2D eigenvalue weighted by atomic mass is 10.1. The number of nitrogens with zero attached hydrogens (tertiary/aromatic N) is 3. The van der Waals surface area contributed by atoms with E-state index in [2.05, 4.69) is 35.0 Å². The first-order chi connectivity index (χ1) is 15.2. The number of carbonyl (C=O) groups is 1. The molecule has 2 heterocycles. The summed E-state index contributed by atoms with van der Waals surface area (Å²) in [5, 5.41) is 0. The molecule has 0 radical (unpaired) electrons. The minimum absolute atomic E-state index is 0.225. The Kier molecular flexibility index (Phi) is 6.95. The van der Waals surface area contributed by atoms with Crippen LogP contribution in [0.1, 0.15) is 22.4 Å². The third-order valence-electron chi connectivity index (χ3n) is 5.77. The molecule has 5 nitrogen and oxygen atoms in total. The zero-order valence-electron chi connectivity index (χ0n) is 18.0. The molecular weight excluding hydrogens is 386 g/mol. The van der Waals surface area contributed by atoms with Gasteiger partial charge in [0.1, 0.15) is 12.4 Å². The van der Waals surface area contributed by atoms with Crippen molar-refractivity contribution < 1.29 is 9.53 Å². The van der Waals surface area contributed by atoms with E-state index >= 15 is 0 Å². The second-order valence-corrected chi connectivity index (χ2v) is 8.01. The molecule has 0 spiro atoms. The van der Waals surface area contributed by atoms with Gasteiger partial charge in [0.25, 0.3) is 0 Å². The topological polar surface area (TPSA) is 45.7 Å². The van der Waals surface area contributed by atoms with Gasteiger partial charge in [-0.25, -0.2) is 0 Å². The first-order valence-electron chi connectivity index (χ1n) is 10.8. The highest BCUT2D eigenvalue weighted by molar-refractivity contribution is 5.79. The fraction of sp³-hybridized carbons (Fsp3) is 0.308. The second-order valence-electron chi connectivity index (χ2n) is 8.01. The maximum Gasteiger partial charge on any atom is 0.227 e. The van der Waals surface area contributed by atoms with Gasteiger partial charge in [-0.2, -0.15) is 0 Å². The van der Waals surface area contributed by atoms with E-state index in [1.165, 1.54) is 11.1 Å². The molecule has 160 valence electrons. The van der Waals surface area contributed by atoms with E-state index in [9.17, 15) is 4.79 Å². The number of aromatic nitrogens is 1. The van der Waals surface area contributed by atoms with Crippen molar-refractivity contribution in [1.82, 2.24) is 14.8 Å². The SMILES string of the molecule is Cc1ccccc1CC(=O)N1CCN(Cc2ccc(OCc3ccccn3)cc2)CC1. The summed E-state index contributed by atoms with van der Waals surface area (Å²) >= 11 is 0. The van der Waals surface area contributed by atoms with Crippen molar-refractivity contribution in [2.24, 2.45) is 0 Å². The van der Waals surface area contributed by atoms with E-state index in [1.54, 1.807) is 6.20 Å². The molecule has 1 amide bonds. The van der Waals surface area contributed by atoms with Gasteiger partial charge in [-0.1, -0.05) is 42.5 Å². The van der Waals surface area contributed by atoms with E-state index in [-0.39, 0.29) is 5.91 Å². The quantitative estimate of drug-likeness (QED) is 0.588. The summed E-state index contributed by atoms with van der Waals surface area (Å²) in [7, 11) is 0. The van der Waals surface area contributed by atoms with Gasteiger partial charge in [0.05, 0.1) is 12.1 Å². The van der Waals surface area contributed by atoms with Crippen LogP contribution in [0.25, 0.3) is 0 Å². The average molecular weight is 416 g/mol. The van der Waals surface area contributed by atoms with Gasteiger partial charge in [-0.15, -0.1) is 0 Å². The predicted molar refractivity (Wildman–Crippen MR) is 122 cm³/mol. The smallest absolute Gasteiger partial charge is 0.227 e. The Labute approximate surface area is 184 Å². The maximum absolute atomic E-state index is 12.7.